The number of rotatable bonds is 5. The minimum absolute atomic E-state index is 0.0947. The second-order valence-electron chi connectivity index (χ2n) is 6.99. The van der Waals surface area contributed by atoms with Crippen LogP contribution in [0.5, 0.6) is 0 Å². The van der Waals surface area contributed by atoms with Gasteiger partial charge in [-0.15, -0.1) is 0 Å². The lowest BCUT2D eigenvalue weighted by atomic mass is 10.1. The summed E-state index contributed by atoms with van der Waals surface area (Å²) in [5, 5.41) is 2.60. The van der Waals surface area contributed by atoms with Crippen molar-refractivity contribution >= 4 is 39.1 Å². The van der Waals surface area contributed by atoms with Crippen molar-refractivity contribution in [2.24, 2.45) is 0 Å². The third-order valence-corrected chi connectivity index (χ3v) is 6.28. The molecule has 10 heteroatoms. The van der Waals surface area contributed by atoms with Gasteiger partial charge in [-0.05, 0) is 54.6 Å². The average Bonchev–Trinajstić information content (AvgIpc) is 2.99. The Morgan fingerprint density at radius 3 is 2.19 bits per heavy atom. The van der Waals surface area contributed by atoms with E-state index in [1.54, 1.807) is 12.1 Å². The Balaban J connectivity index is 1.59. The fourth-order valence-electron chi connectivity index (χ4n) is 3.20. The van der Waals surface area contributed by atoms with E-state index >= 15 is 0 Å². The van der Waals surface area contributed by atoms with Crippen LogP contribution in [0.15, 0.2) is 71.6 Å². The van der Waals surface area contributed by atoms with E-state index in [0.29, 0.717) is 0 Å². The predicted octanol–water partition coefficient (Wildman–Crippen LogP) is 3.10. The van der Waals surface area contributed by atoms with E-state index in [1.807, 2.05) is 0 Å². The number of carbonyl (C=O) groups is 3. The molecule has 3 amide bonds. The fraction of sp³-hybridized carbons (Fsp3) is 0.0455. The van der Waals surface area contributed by atoms with Gasteiger partial charge in [0.25, 0.3) is 27.7 Å². The fourth-order valence-corrected chi connectivity index (χ4v) is 4.28. The Hall–Kier alpha value is -4.05. The molecule has 0 atom stereocenters. The van der Waals surface area contributed by atoms with Gasteiger partial charge >= 0.3 is 0 Å². The third kappa shape index (κ3) is 3.83. The van der Waals surface area contributed by atoms with Gasteiger partial charge in [-0.1, -0.05) is 12.1 Å². The topological polar surface area (TPSA) is 113 Å². The molecular formula is C22H16FN3O5S. The number of carbonyl (C=O) groups excluding carboxylic acids is 3. The molecule has 2 N–H and O–H groups in total. The molecule has 0 bridgehead atoms. The zero-order valence-electron chi connectivity index (χ0n) is 16.6. The summed E-state index contributed by atoms with van der Waals surface area (Å²) in [5.41, 5.74) is 0.717. The number of hydrogen-bond donors (Lipinski definition) is 2. The Morgan fingerprint density at radius 1 is 0.875 bits per heavy atom. The summed E-state index contributed by atoms with van der Waals surface area (Å²) in [5.74, 6) is -2.13. The van der Waals surface area contributed by atoms with E-state index in [2.05, 4.69) is 10.0 Å². The molecule has 0 saturated carbocycles. The summed E-state index contributed by atoms with van der Waals surface area (Å²) in [6.07, 6.45) is 0. The van der Waals surface area contributed by atoms with Gasteiger partial charge in [-0.2, -0.15) is 0 Å². The Labute approximate surface area is 182 Å². The summed E-state index contributed by atoms with van der Waals surface area (Å²) in [6, 6.07) is 14.6. The molecule has 8 nitrogen and oxygen atoms in total. The van der Waals surface area contributed by atoms with E-state index in [4.69, 9.17) is 0 Å². The molecule has 0 spiro atoms. The van der Waals surface area contributed by atoms with Crippen LogP contribution in [0, 0.1) is 5.82 Å². The highest BCUT2D eigenvalue weighted by atomic mass is 32.2. The number of para-hydroxylation sites is 2. The summed E-state index contributed by atoms with van der Waals surface area (Å²) in [7, 11) is -2.68. The van der Waals surface area contributed by atoms with Crippen LogP contribution in [-0.4, -0.2) is 38.1 Å². The van der Waals surface area contributed by atoms with E-state index in [0.717, 1.165) is 29.2 Å². The first-order valence-corrected chi connectivity index (χ1v) is 10.8. The van der Waals surface area contributed by atoms with Crippen LogP contribution in [-0.2, 0) is 10.0 Å². The number of imide groups is 1. The minimum Gasteiger partial charge on any atom is -0.320 e. The lowest BCUT2D eigenvalue weighted by Crippen LogP contribution is -2.24. The molecule has 1 aliphatic rings. The summed E-state index contributed by atoms with van der Waals surface area (Å²) in [4.78, 5) is 37.8. The molecule has 0 saturated heterocycles. The highest BCUT2D eigenvalue weighted by Gasteiger charge is 2.33. The molecule has 1 aliphatic heterocycles. The van der Waals surface area contributed by atoms with E-state index in [-0.39, 0.29) is 33.0 Å². The Kier molecular flexibility index (Phi) is 5.23. The van der Waals surface area contributed by atoms with Crippen molar-refractivity contribution in [1.82, 2.24) is 4.90 Å². The number of fused-ring (bicyclic) bond motifs is 1. The number of benzene rings is 3. The highest BCUT2D eigenvalue weighted by Crippen LogP contribution is 2.27. The van der Waals surface area contributed by atoms with Gasteiger partial charge < -0.3 is 5.32 Å². The van der Waals surface area contributed by atoms with Crippen molar-refractivity contribution in [1.29, 1.82) is 0 Å². The summed E-state index contributed by atoms with van der Waals surface area (Å²) >= 11 is 0. The maximum Gasteiger partial charge on any atom is 0.261 e. The smallest absolute Gasteiger partial charge is 0.261 e. The van der Waals surface area contributed by atoms with Gasteiger partial charge in [0.1, 0.15) is 5.82 Å². The van der Waals surface area contributed by atoms with Crippen LogP contribution >= 0.6 is 0 Å². The lowest BCUT2D eigenvalue weighted by molar-refractivity contribution is 0.0693. The molecule has 3 aromatic rings. The Bertz CT molecular complexity index is 1370. The molecule has 4 rings (SSSR count). The van der Waals surface area contributed by atoms with Gasteiger partial charge in [0.15, 0.2) is 0 Å². The van der Waals surface area contributed by atoms with Gasteiger partial charge in [-0.3, -0.25) is 24.0 Å². The molecular weight excluding hydrogens is 437 g/mol. The van der Waals surface area contributed by atoms with Gasteiger partial charge in [0.05, 0.1) is 27.4 Å². The number of hydrogen-bond acceptors (Lipinski definition) is 5. The SMILES string of the molecule is CN1C(=O)c2ccc(C(=O)Nc3ccccc3NS(=O)(=O)c3ccc(F)cc3)cc2C1=O. The van der Waals surface area contributed by atoms with Crippen molar-refractivity contribution in [2.45, 2.75) is 4.90 Å². The molecule has 3 aromatic carbocycles. The van der Waals surface area contributed by atoms with E-state index < -0.39 is 33.6 Å². The molecule has 32 heavy (non-hydrogen) atoms. The van der Waals surface area contributed by atoms with Gasteiger partial charge in [-0.25, -0.2) is 12.8 Å². The zero-order chi connectivity index (χ0) is 23.0. The molecule has 0 aromatic heterocycles. The van der Waals surface area contributed by atoms with E-state index in [9.17, 15) is 27.2 Å². The first kappa shape index (κ1) is 21.2. The number of halogens is 1. The van der Waals surface area contributed by atoms with Crippen LogP contribution in [0.3, 0.4) is 0 Å². The zero-order valence-corrected chi connectivity index (χ0v) is 17.4. The van der Waals surface area contributed by atoms with Crippen LogP contribution < -0.4 is 10.0 Å². The average molecular weight is 453 g/mol. The number of amides is 3. The monoisotopic (exact) mass is 453 g/mol. The predicted molar refractivity (Wildman–Crippen MR) is 114 cm³/mol. The second kappa shape index (κ2) is 7.89. The number of anilines is 2. The van der Waals surface area contributed by atoms with Gasteiger partial charge in [0, 0.05) is 12.6 Å². The second-order valence-corrected chi connectivity index (χ2v) is 8.67. The molecule has 0 radical (unpaired) electrons. The molecule has 0 fully saturated rings. The maximum atomic E-state index is 13.1. The number of nitrogens with zero attached hydrogens (tertiary/aromatic N) is 1. The molecule has 1 heterocycles. The van der Waals surface area contributed by atoms with Crippen LogP contribution in [0.1, 0.15) is 31.1 Å². The third-order valence-electron chi connectivity index (χ3n) is 4.90. The van der Waals surface area contributed by atoms with Crippen molar-refractivity contribution in [3.8, 4) is 0 Å². The quantitative estimate of drug-likeness (QED) is 0.577. The van der Waals surface area contributed by atoms with Crippen LogP contribution in [0.4, 0.5) is 15.8 Å². The number of nitrogens with one attached hydrogen (secondary N) is 2. The lowest BCUT2D eigenvalue weighted by Gasteiger charge is -2.14. The number of sulfonamides is 1. The van der Waals surface area contributed by atoms with Crippen molar-refractivity contribution in [3.63, 3.8) is 0 Å². The Morgan fingerprint density at radius 2 is 1.50 bits per heavy atom. The largest absolute Gasteiger partial charge is 0.320 e. The highest BCUT2D eigenvalue weighted by molar-refractivity contribution is 7.92. The van der Waals surface area contributed by atoms with Crippen molar-refractivity contribution in [2.75, 3.05) is 17.1 Å². The summed E-state index contributed by atoms with van der Waals surface area (Å²) in [6.45, 7) is 0. The molecule has 0 unspecified atom stereocenters. The maximum absolute atomic E-state index is 13.1. The standard InChI is InChI=1S/C22H16FN3O5S/c1-26-21(28)16-11-6-13(12-17(16)22(26)29)20(27)24-18-4-2-3-5-19(18)25-32(30,31)15-9-7-14(23)8-10-15/h2-12,25H,1H3,(H,24,27). The normalized spacial score (nSPS) is 13.1. The van der Waals surface area contributed by atoms with E-state index in [1.165, 1.54) is 37.4 Å². The van der Waals surface area contributed by atoms with Crippen molar-refractivity contribution in [3.05, 3.63) is 89.2 Å². The first-order chi connectivity index (χ1) is 15.2. The first-order valence-electron chi connectivity index (χ1n) is 9.32. The molecule has 0 aliphatic carbocycles. The summed E-state index contributed by atoms with van der Waals surface area (Å²) < 4.78 is 40.7. The van der Waals surface area contributed by atoms with Crippen LogP contribution in [0.2, 0.25) is 0 Å². The van der Waals surface area contributed by atoms with Gasteiger partial charge in [0.2, 0.25) is 0 Å². The van der Waals surface area contributed by atoms with Crippen molar-refractivity contribution < 1.29 is 27.2 Å². The minimum atomic E-state index is -4.04. The van der Waals surface area contributed by atoms with Crippen LogP contribution in [0.25, 0.3) is 0 Å². The molecule has 162 valence electrons.